The minimum absolute atomic E-state index is 0.271. The number of halogens is 2. The van der Waals surface area contributed by atoms with Crippen LogP contribution in [0.3, 0.4) is 0 Å². The van der Waals surface area contributed by atoms with Crippen molar-refractivity contribution in [2.75, 3.05) is 7.11 Å². The standard InChI is InChI=1S/C14H15Cl2N3O2/c1-8(10-5-4-9(15)6-12(10)16)18-13(20)11-7-17-19(2)14(11)21-3/h4-8H,1-3H3,(H,18,20)/t8-/m0/s1. The van der Waals surface area contributed by atoms with E-state index in [4.69, 9.17) is 27.9 Å². The Balaban J connectivity index is 2.18. The summed E-state index contributed by atoms with van der Waals surface area (Å²) in [5.41, 5.74) is 1.16. The second kappa shape index (κ2) is 6.37. The fraction of sp³-hybridized carbons (Fsp3) is 0.286. The van der Waals surface area contributed by atoms with Gasteiger partial charge in [0, 0.05) is 17.1 Å². The summed E-state index contributed by atoms with van der Waals surface area (Å²) in [4.78, 5) is 12.3. The van der Waals surface area contributed by atoms with Gasteiger partial charge < -0.3 is 10.1 Å². The Labute approximate surface area is 132 Å². The molecule has 0 saturated carbocycles. The summed E-state index contributed by atoms with van der Waals surface area (Å²) in [6, 6.07) is 4.89. The summed E-state index contributed by atoms with van der Waals surface area (Å²) in [6.45, 7) is 1.84. The van der Waals surface area contributed by atoms with Gasteiger partial charge in [0.1, 0.15) is 5.56 Å². The van der Waals surface area contributed by atoms with E-state index in [0.29, 0.717) is 21.5 Å². The van der Waals surface area contributed by atoms with Gasteiger partial charge in [-0.1, -0.05) is 29.3 Å². The lowest BCUT2D eigenvalue weighted by Gasteiger charge is -2.16. The highest BCUT2D eigenvalue weighted by atomic mass is 35.5. The van der Waals surface area contributed by atoms with Crippen molar-refractivity contribution >= 4 is 29.1 Å². The number of aromatic nitrogens is 2. The Morgan fingerprint density at radius 1 is 1.43 bits per heavy atom. The smallest absolute Gasteiger partial charge is 0.258 e. The molecule has 0 spiro atoms. The number of methoxy groups -OCH3 is 1. The van der Waals surface area contributed by atoms with E-state index in [1.54, 1.807) is 25.2 Å². The van der Waals surface area contributed by atoms with E-state index < -0.39 is 0 Å². The van der Waals surface area contributed by atoms with Crippen molar-refractivity contribution in [2.45, 2.75) is 13.0 Å². The van der Waals surface area contributed by atoms with E-state index in [2.05, 4.69) is 10.4 Å². The van der Waals surface area contributed by atoms with Gasteiger partial charge in [0.25, 0.3) is 5.91 Å². The first-order valence-corrected chi connectivity index (χ1v) is 7.01. The maximum absolute atomic E-state index is 12.3. The number of rotatable bonds is 4. The summed E-state index contributed by atoms with van der Waals surface area (Å²) in [7, 11) is 3.20. The molecule has 0 radical (unpaired) electrons. The van der Waals surface area contributed by atoms with Crippen molar-refractivity contribution in [1.82, 2.24) is 15.1 Å². The third kappa shape index (κ3) is 3.31. The van der Waals surface area contributed by atoms with Crippen molar-refractivity contribution in [3.05, 3.63) is 45.6 Å². The van der Waals surface area contributed by atoms with Gasteiger partial charge >= 0.3 is 0 Å². The third-order valence-electron chi connectivity index (χ3n) is 3.10. The number of carbonyl (C=O) groups is 1. The molecular formula is C14H15Cl2N3O2. The molecule has 7 heteroatoms. The summed E-state index contributed by atoms with van der Waals surface area (Å²) in [5.74, 6) is 0.125. The molecule has 5 nitrogen and oxygen atoms in total. The number of carbonyl (C=O) groups excluding carboxylic acids is 1. The van der Waals surface area contributed by atoms with Gasteiger partial charge in [0.05, 0.1) is 19.3 Å². The van der Waals surface area contributed by atoms with Crippen LogP contribution in [-0.4, -0.2) is 22.8 Å². The Hall–Kier alpha value is -1.72. The molecule has 1 atom stereocenters. The minimum atomic E-state index is -0.279. The summed E-state index contributed by atoms with van der Waals surface area (Å²) >= 11 is 12.0. The molecule has 1 heterocycles. The normalized spacial score (nSPS) is 12.0. The maximum Gasteiger partial charge on any atom is 0.258 e. The Kier molecular flexibility index (Phi) is 4.75. The lowest BCUT2D eigenvalue weighted by Crippen LogP contribution is -2.27. The Morgan fingerprint density at radius 2 is 2.14 bits per heavy atom. The summed E-state index contributed by atoms with van der Waals surface area (Å²) in [5, 5.41) is 7.93. The molecule has 0 unspecified atom stereocenters. The van der Waals surface area contributed by atoms with Crippen LogP contribution >= 0.6 is 23.2 Å². The fourth-order valence-corrected chi connectivity index (χ4v) is 2.60. The fourth-order valence-electron chi connectivity index (χ4n) is 2.03. The topological polar surface area (TPSA) is 56.1 Å². The molecule has 0 saturated heterocycles. The molecule has 0 bridgehead atoms. The molecule has 1 amide bonds. The number of ether oxygens (including phenoxy) is 1. The van der Waals surface area contributed by atoms with E-state index >= 15 is 0 Å². The average Bonchev–Trinajstić information content (AvgIpc) is 2.79. The van der Waals surface area contributed by atoms with Gasteiger partial charge in [0.2, 0.25) is 5.88 Å². The highest BCUT2D eigenvalue weighted by Gasteiger charge is 2.20. The van der Waals surface area contributed by atoms with Gasteiger partial charge in [-0.25, -0.2) is 4.68 Å². The molecule has 112 valence electrons. The van der Waals surface area contributed by atoms with Crippen molar-refractivity contribution in [3.63, 3.8) is 0 Å². The van der Waals surface area contributed by atoms with Crippen LogP contribution in [0.4, 0.5) is 0 Å². The molecule has 1 aromatic heterocycles. The first-order valence-electron chi connectivity index (χ1n) is 6.25. The van der Waals surface area contributed by atoms with E-state index in [9.17, 15) is 4.79 Å². The highest BCUT2D eigenvalue weighted by molar-refractivity contribution is 6.35. The summed E-state index contributed by atoms with van der Waals surface area (Å²) in [6.07, 6.45) is 1.46. The molecule has 0 aliphatic carbocycles. The number of nitrogens with zero attached hydrogens (tertiary/aromatic N) is 2. The van der Waals surface area contributed by atoms with Crippen LogP contribution < -0.4 is 10.1 Å². The van der Waals surface area contributed by atoms with Gasteiger partial charge in [-0.15, -0.1) is 0 Å². The molecule has 21 heavy (non-hydrogen) atoms. The van der Waals surface area contributed by atoms with Crippen LogP contribution in [0.5, 0.6) is 5.88 Å². The van der Waals surface area contributed by atoms with Gasteiger partial charge in [-0.05, 0) is 24.6 Å². The largest absolute Gasteiger partial charge is 0.481 e. The lowest BCUT2D eigenvalue weighted by molar-refractivity contribution is 0.0936. The van der Waals surface area contributed by atoms with Crippen molar-refractivity contribution in [1.29, 1.82) is 0 Å². The van der Waals surface area contributed by atoms with Crippen molar-refractivity contribution in [3.8, 4) is 5.88 Å². The summed E-state index contributed by atoms with van der Waals surface area (Å²) < 4.78 is 6.65. The van der Waals surface area contributed by atoms with E-state index in [0.717, 1.165) is 5.56 Å². The van der Waals surface area contributed by atoms with Crippen LogP contribution in [-0.2, 0) is 7.05 Å². The van der Waals surface area contributed by atoms with Crippen molar-refractivity contribution in [2.24, 2.45) is 7.05 Å². The molecule has 2 rings (SSSR count). The average molecular weight is 328 g/mol. The number of benzene rings is 1. The zero-order valence-electron chi connectivity index (χ0n) is 11.9. The predicted octanol–water partition coefficient (Wildman–Crippen LogP) is 3.23. The quantitative estimate of drug-likeness (QED) is 0.937. The van der Waals surface area contributed by atoms with Gasteiger partial charge in [-0.2, -0.15) is 5.10 Å². The number of aryl methyl sites for hydroxylation is 1. The highest BCUT2D eigenvalue weighted by Crippen LogP contribution is 2.26. The van der Waals surface area contributed by atoms with Gasteiger partial charge in [0.15, 0.2) is 0 Å². The second-order valence-corrected chi connectivity index (χ2v) is 5.40. The molecule has 2 aromatic rings. The predicted molar refractivity (Wildman–Crippen MR) is 82.1 cm³/mol. The minimum Gasteiger partial charge on any atom is -0.481 e. The molecule has 1 aromatic carbocycles. The zero-order valence-corrected chi connectivity index (χ0v) is 13.4. The lowest BCUT2D eigenvalue weighted by atomic mass is 10.1. The van der Waals surface area contributed by atoms with E-state index in [1.807, 2.05) is 6.92 Å². The van der Waals surface area contributed by atoms with Crippen LogP contribution in [0.15, 0.2) is 24.4 Å². The van der Waals surface area contributed by atoms with E-state index in [1.165, 1.54) is 18.0 Å². The zero-order chi connectivity index (χ0) is 15.6. The number of nitrogens with one attached hydrogen (secondary N) is 1. The monoisotopic (exact) mass is 327 g/mol. The number of hydrogen-bond donors (Lipinski definition) is 1. The second-order valence-electron chi connectivity index (χ2n) is 4.55. The van der Waals surface area contributed by atoms with Crippen LogP contribution in [0.2, 0.25) is 10.0 Å². The first-order chi connectivity index (χ1) is 9.93. The Morgan fingerprint density at radius 3 is 2.76 bits per heavy atom. The van der Waals surface area contributed by atoms with E-state index in [-0.39, 0.29) is 11.9 Å². The number of amides is 1. The third-order valence-corrected chi connectivity index (χ3v) is 3.66. The molecular weight excluding hydrogens is 313 g/mol. The SMILES string of the molecule is COc1c(C(=O)N[C@@H](C)c2ccc(Cl)cc2Cl)cnn1C. The molecule has 0 aliphatic rings. The number of hydrogen-bond acceptors (Lipinski definition) is 3. The van der Waals surface area contributed by atoms with Gasteiger partial charge in [-0.3, -0.25) is 4.79 Å². The van der Waals surface area contributed by atoms with Crippen LogP contribution in [0, 0.1) is 0 Å². The van der Waals surface area contributed by atoms with Crippen LogP contribution in [0.1, 0.15) is 28.9 Å². The molecule has 1 N–H and O–H groups in total. The maximum atomic E-state index is 12.3. The van der Waals surface area contributed by atoms with Crippen LogP contribution in [0.25, 0.3) is 0 Å². The Bertz CT molecular complexity index is 670. The molecule has 0 aliphatic heterocycles. The first kappa shape index (κ1) is 15.7. The molecule has 0 fully saturated rings. The van der Waals surface area contributed by atoms with Crippen molar-refractivity contribution < 1.29 is 9.53 Å².